The van der Waals surface area contributed by atoms with Gasteiger partial charge in [0.2, 0.25) is 0 Å². The second-order valence-corrected chi connectivity index (χ2v) is 5.20. The van der Waals surface area contributed by atoms with Gasteiger partial charge in [-0.3, -0.25) is 4.79 Å². The Morgan fingerprint density at radius 3 is 2.95 bits per heavy atom. The van der Waals surface area contributed by atoms with Crippen LogP contribution in [-0.4, -0.2) is 36.9 Å². The lowest BCUT2D eigenvalue weighted by Gasteiger charge is -2.05. The van der Waals surface area contributed by atoms with Gasteiger partial charge in [0.25, 0.3) is 5.91 Å². The van der Waals surface area contributed by atoms with E-state index in [0.29, 0.717) is 17.3 Å². The van der Waals surface area contributed by atoms with Crippen LogP contribution in [0.1, 0.15) is 28.4 Å². The van der Waals surface area contributed by atoms with Gasteiger partial charge < -0.3 is 9.88 Å². The van der Waals surface area contributed by atoms with Gasteiger partial charge in [-0.25, -0.2) is 9.97 Å². The molecule has 104 valence electrons. The van der Waals surface area contributed by atoms with E-state index in [1.165, 1.54) is 24.2 Å². The van der Waals surface area contributed by atoms with Gasteiger partial charge in [-0.1, -0.05) is 11.8 Å². The molecule has 1 amide bonds. The van der Waals surface area contributed by atoms with Crippen molar-refractivity contribution in [2.24, 2.45) is 0 Å². The standard InChI is InChI=1S/C12H14N6OS/c1-20-12-14-5-8(6-15-12)11(19)13-7-10-17-16-9-3-2-4-18(9)10/h5-6H,2-4,7H2,1H3,(H,13,19). The van der Waals surface area contributed by atoms with Crippen molar-refractivity contribution in [3.63, 3.8) is 0 Å². The maximum absolute atomic E-state index is 12.0. The first-order valence-electron chi connectivity index (χ1n) is 6.33. The van der Waals surface area contributed by atoms with Crippen molar-refractivity contribution in [2.45, 2.75) is 31.1 Å². The Hall–Kier alpha value is -1.96. The molecule has 8 heteroatoms. The molecule has 0 aliphatic carbocycles. The highest BCUT2D eigenvalue weighted by molar-refractivity contribution is 7.98. The molecule has 0 aromatic carbocycles. The molecule has 1 N–H and O–H groups in total. The Balaban J connectivity index is 1.63. The van der Waals surface area contributed by atoms with Crippen molar-refractivity contribution in [3.8, 4) is 0 Å². The van der Waals surface area contributed by atoms with E-state index in [2.05, 4.69) is 30.0 Å². The zero-order chi connectivity index (χ0) is 13.9. The van der Waals surface area contributed by atoms with Crippen LogP contribution in [0.25, 0.3) is 0 Å². The van der Waals surface area contributed by atoms with Gasteiger partial charge in [0.05, 0.1) is 12.1 Å². The summed E-state index contributed by atoms with van der Waals surface area (Å²) in [6, 6.07) is 0. The van der Waals surface area contributed by atoms with E-state index in [-0.39, 0.29) is 5.91 Å². The molecule has 3 heterocycles. The number of carbonyl (C=O) groups is 1. The summed E-state index contributed by atoms with van der Waals surface area (Å²) >= 11 is 1.44. The molecule has 7 nitrogen and oxygen atoms in total. The second kappa shape index (κ2) is 5.58. The predicted octanol–water partition coefficient (Wildman–Crippen LogP) is 0.666. The van der Waals surface area contributed by atoms with Gasteiger partial charge >= 0.3 is 0 Å². The number of aromatic nitrogens is 5. The van der Waals surface area contributed by atoms with Crippen molar-refractivity contribution < 1.29 is 4.79 Å². The van der Waals surface area contributed by atoms with Gasteiger partial charge in [0, 0.05) is 25.4 Å². The number of nitrogens with zero attached hydrogens (tertiary/aromatic N) is 5. The molecule has 3 rings (SSSR count). The Labute approximate surface area is 120 Å². The van der Waals surface area contributed by atoms with Crippen LogP contribution in [0.3, 0.4) is 0 Å². The fourth-order valence-corrected chi connectivity index (χ4v) is 2.46. The van der Waals surface area contributed by atoms with E-state index in [1.807, 2.05) is 6.26 Å². The van der Waals surface area contributed by atoms with Gasteiger partial charge in [-0.05, 0) is 12.7 Å². The average Bonchev–Trinajstić information content (AvgIpc) is 3.08. The van der Waals surface area contributed by atoms with Gasteiger partial charge in [0.1, 0.15) is 5.82 Å². The monoisotopic (exact) mass is 290 g/mol. The lowest BCUT2D eigenvalue weighted by molar-refractivity contribution is 0.0948. The first-order valence-corrected chi connectivity index (χ1v) is 7.55. The topological polar surface area (TPSA) is 85.6 Å². The number of rotatable bonds is 4. The predicted molar refractivity (Wildman–Crippen MR) is 73.3 cm³/mol. The van der Waals surface area contributed by atoms with Crippen LogP contribution in [-0.2, 0) is 19.5 Å². The normalized spacial score (nSPS) is 13.2. The zero-order valence-corrected chi connectivity index (χ0v) is 11.9. The van der Waals surface area contributed by atoms with Crippen molar-refractivity contribution in [1.29, 1.82) is 0 Å². The number of aryl methyl sites for hydroxylation is 1. The number of thioether (sulfide) groups is 1. The third kappa shape index (κ3) is 2.51. The number of hydrogen-bond acceptors (Lipinski definition) is 6. The molecule has 0 saturated heterocycles. The van der Waals surface area contributed by atoms with Crippen LogP contribution in [0.15, 0.2) is 17.6 Å². The van der Waals surface area contributed by atoms with E-state index in [1.54, 1.807) is 0 Å². The molecule has 0 fully saturated rings. The molecule has 2 aromatic rings. The van der Waals surface area contributed by atoms with Crippen molar-refractivity contribution in [2.75, 3.05) is 6.26 Å². The minimum absolute atomic E-state index is 0.201. The lowest BCUT2D eigenvalue weighted by atomic mass is 10.3. The third-order valence-corrected chi connectivity index (χ3v) is 3.74. The summed E-state index contributed by atoms with van der Waals surface area (Å²) < 4.78 is 2.06. The minimum Gasteiger partial charge on any atom is -0.345 e. The molecular weight excluding hydrogens is 276 g/mol. The number of nitrogens with one attached hydrogen (secondary N) is 1. The Morgan fingerprint density at radius 1 is 1.40 bits per heavy atom. The summed E-state index contributed by atoms with van der Waals surface area (Å²) in [6.45, 7) is 1.30. The fourth-order valence-electron chi connectivity index (χ4n) is 2.14. The summed E-state index contributed by atoms with van der Waals surface area (Å²) in [5, 5.41) is 11.7. The first-order chi connectivity index (χ1) is 9.78. The quantitative estimate of drug-likeness (QED) is 0.658. The Morgan fingerprint density at radius 2 is 2.20 bits per heavy atom. The van der Waals surface area contributed by atoms with Gasteiger partial charge in [0.15, 0.2) is 11.0 Å². The van der Waals surface area contributed by atoms with Crippen LogP contribution in [0, 0.1) is 0 Å². The summed E-state index contributed by atoms with van der Waals surface area (Å²) in [5.41, 5.74) is 0.448. The summed E-state index contributed by atoms with van der Waals surface area (Å²) in [4.78, 5) is 20.1. The molecule has 0 spiro atoms. The molecule has 0 atom stereocenters. The average molecular weight is 290 g/mol. The molecule has 0 unspecified atom stereocenters. The van der Waals surface area contributed by atoms with Crippen LogP contribution in [0.2, 0.25) is 0 Å². The van der Waals surface area contributed by atoms with Crippen LogP contribution in [0.4, 0.5) is 0 Å². The maximum Gasteiger partial charge on any atom is 0.254 e. The van der Waals surface area contributed by atoms with E-state index in [0.717, 1.165) is 31.0 Å². The molecular formula is C12H14N6OS. The van der Waals surface area contributed by atoms with Gasteiger partial charge in [-0.2, -0.15) is 0 Å². The number of carbonyl (C=O) groups excluding carboxylic acids is 1. The molecule has 0 saturated carbocycles. The molecule has 1 aliphatic rings. The van der Waals surface area contributed by atoms with E-state index >= 15 is 0 Å². The lowest BCUT2D eigenvalue weighted by Crippen LogP contribution is -2.25. The van der Waals surface area contributed by atoms with Gasteiger partial charge in [-0.15, -0.1) is 10.2 Å². The molecule has 20 heavy (non-hydrogen) atoms. The summed E-state index contributed by atoms with van der Waals surface area (Å²) in [6.07, 6.45) is 7.01. The van der Waals surface area contributed by atoms with Crippen molar-refractivity contribution >= 4 is 17.7 Å². The highest BCUT2D eigenvalue weighted by Crippen LogP contribution is 2.13. The van der Waals surface area contributed by atoms with Crippen molar-refractivity contribution in [3.05, 3.63) is 29.6 Å². The van der Waals surface area contributed by atoms with Crippen LogP contribution >= 0.6 is 11.8 Å². The second-order valence-electron chi connectivity index (χ2n) is 4.43. The van der Waals surface area contributed by atoms with E-state index < -0.39 is 0 Å². The highest BCUT2D eigenvalue weighted by atomic mass is 32.2. The summed E-state index contributed by atoms with van der Waals surface area (Å²) in [5.74, 6) is 1.60. The number of amides is 1. The molecule has 0 bridgehead atoms. The minimum atomic E-state index is -0.201. The van der Waals surface area contributed by atoms with E-state index in [4.69, 9.17) is 0 Å². The Kier molecular flexibility index (Phi) is 3.64. The van der Waals surface area contributed by atoms with Crippen LogP contribution in [0.5, 0.6) is 0 Å². The first kappa shape index (κ1) is 13.0. The van der Waals surface area contributed by atoms with E-state index in [9.17, 15) is 4.79 Å². The fraction of sp³-hybridized carbons (Fsp3) is 0.417. The SMILES string of the molecule is CSc1ncc(C(=O)NCc2nnc3n2CCC3)cn1. The highest BCUT2D eigenvalue weighted by Gasteiger charge is 2.17. The van der Waals surface area contributed by atoms with Crippen molar-refractivity contribution in [1.82, 2.24) is 30.0 Å². The van der Waals surface area contributed by atoms with Crippen LogP contribution < -0.4 is 5.32 Å². The smallest absolute Gasteiger partial charge is 0.254 e. The molecule has 2 aromatic heterocycles. The summed E-state index contributed by atoms with van der Waals surface area (Å²) in [7, 11) is 0. The number of hydrogen-bond donors (Lipinski definition) is 1. The Bertz CT molecular complexity index is 623. The molecule has 1 aliphatic heterocycles. The largest absolute Gasteiger partial charge is 0.345 e. The zero-order valence-electron chi connectivity index (χ0n) is 11.0. The third-order valence-electron chi connectivity index (χ3n) is 3.17. The molecule has 0 radical (unpaired) electrons. The number of fused-ring (bicyclic) bond motifs is 1. The maximum atomic E-state index is 12.0.